The second kappa shape index (κ2) is 8.90. The van der Waals surface area contributed by atoms with Crippen molar-refractivity contribution in [3.8, 4) is 0 Å². The van der Waals surface area contributed by atoms with Crippen LogP contribution >= 0.6 is 0 Å². The van der Waals surface area contributed by atoms with E-state index in [-0.39, 0.29) is 31.2 Å². The largest absolute Gasteiger partial charge is 0.445 e. The highest BCUT2D eigenvalue weighted by Gasteiger charge is 2.08. The molecule has 0 bridgehead atoms. The highest BCUT2D eigenvalue weighted by atomic mass is 16.5. The van der Waals surface area contributed by atoms with E-state index in [0.717, 1.165) is 10.9 Å². The minimum Gasteiger partial charge on any atom is -0.445 e. The second-order valence-electron chi connectivity index (χ2n) is 6.31. The number of aryl methyl sites for hydroxylation is 1. The van der Waals surface area contributed by atoms with E-state index in [2.05, 4.69) is 10.6 Å². The van der Waals surface area contributed by atoms with Gasteiger partial charge < -0.3 is 24.5 Å². The van der Waals surface area contributed by atoms with Gasteiger partial charge in [0.15, 0.2) is 0 Å². The van der Waals surface area contributed by atoms with Crippen molar-refractivity contribution in [1.82, 2.24) is 19.8 Å². The van der Waals surface area contributed by atoms with Gasteiger partial charge in [0, 0.05) is 37.9 Å². The molecule has 146 valence electrons. The number of carbonyl (C=O) groups is 2. The molecular weight excluding hydrogens is 360 g/mol. The predicted molar refractivity (Wildman–Crippen MR) is 105 cm³/mol. The summed E-state index contributed by atoms with van der Waals surface area (Å²) < 4.78 is 8.36. The molecule has 3 aromatic rings. The molecule has 0 unspecified atom stereocenters. The van der Waals surface area contributed by atoms with Crippen LogP contribution in [0.5, 0.6) is 0 Å². The molecule has 28 heavy (non-hydrogen) atoms. The molecule has 0 radical (unpaired) electrons. The maximum absolute atomic E-state index is 12.4. The Labute approximate surface area is 161 Å². The predicted octanol–water partition coefficient (Wildman–Crippen LogP) is 1.38. The lowest BCUT2D eigenvalue weighted by Crippen LogP contribution is -2.39. The summed E-state index contributed by atoms with van der Waals surface area (Å²) in [5.74, 6) is -0.357. The molecule has 0 saturated heterocycles. The van der Waals surface area contributed by atoms with Crippen molar-refractivity contribution in [3.63, 3.8) is 0 Å². The van der Waals surface area contributed by atoms with Crippen LogP contribution in [0, 0.1) is 0 Å². The number of amides is 2. The average Bonchev–Trinajstić information content (AvgIpc) is 3.09. The first kappa shape index (κ1) is 19.2. The highest BCUT2D eigenvalue weighted by Crippen LogP contribution is 2.09. The van der Waals surface area contributed by atoms with Crippen molar-refractivity contribution >= 4 is 22.9 Å². The average molecular weight is 382 g/mol. The zero-order valence-corrected chi connectivity index (χ0v) is 15.6. The maximum Gasteiger partial charge on any atom is 0.407 e. The van der Waals surface area contributed by atoms with Crippen molar-refractivity contribution in [2.75, 3.05) is 13.1 Å². The summed E-state index contributed by atoms with van der Waals surface area (Å²) >= 11 is 0. The summed E-state index contributed by atoms with van der Waals surface area (Å²) in [6, 6.07) is 13.0. The third-order valence-electron chi connectivity index (χ3n) is 4.28. The Balaban J connectivity index is 1.40. The van der Waals surface area contributed by atoms with Crippen molar-refractivity contribution < 1.29 is 14.3 Å². The van der Waals surface area contributed by atoms with E-state index >= 15 is 0 Å². The first-order valence-corrected chi connectivity index (χ1v) is 8.90. The normalized spacial score (nSPS) is 10.6. The molecule has 0 aliphatic carbocycles. The van der Waals surface area contributed by atoms with Crippen LogP contribution in [0.2, 0.25) is 0 Å². The topological polar surface area (TPSA) is 94.4 Å². The zero-order chi connectivity index (χ0) is 19.9. The number of alkyl carbamates (subject to hydrolysis) is 1. The number of nitrogens with zero attached hydrogens (tertiary/aromatic N) is 2. The molecule has 0 aliphatic heterocycles. The van der Waals surface area contributed by atoms with E-state index < -0.39 is 6.09 Å². The molecule has 0 atom stereocenters. The first-order chi connectivity index (χ1) is 13.5. The van der Waals surface area contributed by atoms with Gasteiger partial charge in [-0.05, 0) is 17.7 Å². The quantitative estimate of drug-likeness (QED) is 0.646. The monoisotopic (exact) mass is 382 g/mol. The van der Waals surface area contributed by atoms with Gasteiger partial charge in [-0.25, -0.2) is 4.79 Å². The fourth-order valence-electron chi connectivity index (χ4n) is 2.81. The van der Waals surface area contributed by atoms with Gasteiger partial charge in [-0.15, -0.1) is 0 Å². The lowest BCUT2D eigenvalue weighted by Gasteiger charge is -2.09. The van der Waals surface area contributed by atoms with E-state index in [1.54, 1.807) is 15.3 Å². The van der Waals surface area contributed by atoms with Gasteiger partial charge in [-0.2, -0.15) is 0 Å². The van der Waals surface area contributed by atoms with Crippen LogP contribution in [0.3, 0.4) is 0 Å². The molecule has 1 aromatic carbocycles. The van der Waals surface area contributed by atoms with Gasteiger partial charge in [-0.1, -0.05) is 30.3 Å². The Bertz CT molecular complexity index is 1020. The molecule has 0 fully saturated rings. The number of hydrogen-bond acceptors (Lipinski definition) is 4. The molecule has 0 aliphatic rings. The summed E-state index contributed by atoms with van der Waals surface area (Å²) in [5.41, 5.74) is 1.38. The lowest BCUT2D eigenvalue weighted by molar-refractivity contribution is -0.120. The van der Waals surface area contributed by atoms with E-state index in [9.17, 15) is 14.4 Å². The number of aromatic nitrogens is 2. The first-order valence-electron chi connectivity index (χ1n) is 8.90. The van der Waals surface area contributed by atoms with E-state index in [0.29, 0.717) is 12.1 Å². The van der Waals surface area contributed by atoms with Gasteiger partial charge >= 0.3 is 6.09 Å². The van der Waals surface area contributed by atoms with Gasteiger partial charge in [0.2, 0.25) is 5.91 Å². The van der Waals surface area contributed by atoms with Crippen molar-refractivity contribution in [2.45, 2.75) is 13.2 Å². The molecule has 2 aromatic heterocycles. The molecular formula is C20H22N4O4. The number of hydrogen-bond donors (Lipinski definition) is 2. The van der Waals surface area contributed by atoms with Crippen molar-refractivity contribution in [1.29, 1.82) is 0 Å². The van der Waals surface area contributed by atoms with Gasteiger partial charge in [0.25, 0.3) is 5.56 Å². The Morgan fingerprint density at radius 3 is 2.57 bits per heavy atom. The maximum atomic E-state index is 12.4. The zero-order valence-electron chi connectivity index (χ0n) is 15.6. The van der Waals surface area contributed by atoms with Gasteiger partial charge in [-0.3, -0.25) is 9.59 Å². The van der Waals surface area contributed by atoms with Crippen molar-refractivity contribution in [3.05, 3.63) is 70.8 Å². The summed E-state index contributed by atoms with van der Waals surface area (Å²) in [7, 11) is 1.82. The lowest BCUT2D eigenvalue weighted by atomic mass is 10.2. The van der Waals surface area contributed by atoms with Crippen molar-refractivity contribution in [2.24, 2.45) is 7.05 Å². The Hall–Kier alpha value is -3.55. The fourth-order valence-corrected chi connectivity index (χ4v) is 2.81. The molecule has 8 nitrogen and oxygen atoms in total. The molecule has 2 amide bonds. The summed E-state index contributed by atoms with van der Waals surface area (Å²) in [5, 5.41) is 5.94. The molecule has 8 heteroatoms. The number of rotatable bonds is 7. The number of benzene rings is 1. The Kier molecular flexibility index (Phi) is 6.11. The van der Waals surface area contributed by atoms with E-state index in [4.69, 9.17) is 4.74 Å². The summed E-state index contributed by atoms with van der Waals surface area (Å²) in [6.07, 6.45) is 2.88. The molecule has 3 rings (SSSR count). The van der Waals surface area contributed by atoms with Crippen LogP contribution in [-0.2, 0) is 29.7 Å². The van der Waals surface area contributed by atoms with E-state index in [1.165, 1.54) is 0 Å². The number of nitrogens with one attached hydrogen (secondary N) is 2. The van der Waals surface area contributed by atoms with E-state index in [1.807, 2.05) is 55.7 Å². The van der Waals surface area contributed by atoms with Crippen LogP contribution in [-0.4, -0.2) is 34.2 Å². The highest BCUT2D eigenvalue weighted by molar-refractivity contribution is 5.82. The Morgan fingerprint density at radius 1 is 1.04 bits per heavy atom. The second-order valence-corrected chi connectivity index (χ2v) is 6.31. The summed E-state index contributed by atoms with van der Waals surface area (Å²) in [4.78, 5) is 35.9. The van der Waals surface area contributed by atoms with Gasteiger partial charge in [0.1, 0.15) is 12.1 Å². The standard InChI is InChI=1S/C20H22N4O4/c1-23-10-7-16-8-11-24(19(26)18(16)23)12-9-21-17(25)13-22-20(27)28-14-15-5-3-2-4-6-15/h2-8,10-11H,9,12-14H2,1H3,(H,21,25)(H,22,27). The minimum absolute atomic E-state index is 0.109. The fraction of sp³-hybridized carbons (Fsp3) is 0.250. The molecule has 0 saturated carbocycles. The van der Waals surface area contributed by atoms with Crippen LogP contribution in [0.15, 0.2) is 59.7 Å². The van der Waals surface area contributed by atoms with Crippen LogP contribution in [0.25, 0.3) is 10.9 Å². The van der Waals surface area contributed by atoms with Crippen LogP contribution < -0.4 is 16.2 Å². The number of carbonyl (C=O) groups excluding carboxylic acids is 2. The Morgan fingerprint density at radius 2 is 1.79 bits per heavy atom. The minimum atomic E-state index is -0.663. The number of ether oxygens (including phenoxy) is 1. The smallest absolute Gasteiger partial charge is 0.407 e. The van der Waals surface area contributed by atoms with Crippen LogP contribution in [0.4, 0.5) is 4.79 Å². The molecule has 2 N–H and O–H groups in total. The molecule has 2 heterocycles. The third kappa shape index (κ3) is 4.79. The number of fused-ring (bicyclic) bond motifs is 1. The van der Waals surface area contributed by atoms with Crippen LogP contribution in [0.1, 0.15) is 5.56 Å². The summed E-state index contributed by atoms with van der Waals surface area (Å²) in [6.45, 7) is 0.553. The van der Waals surface area contributed by atoms with Gasteiger partial charge in [0.05, 0.1) is 6.54 Å². The SMILES string of the molecule is Cn1ccc2ccn(CCNC(=O)CNC(=O)OCc3ccccc3)c(=O)c21. The number of pyridine rings is 1. The third-order valence-corrected chi connectivity index (χ3v) is 4.28. The molecule has 0 spiro atoms.